The topological polar surface area (TPSA) is 62.9 Å². The molecule has 0 saturated carbocycles. The van der Waals surface area contributed by atoms with Crippen LogP contribution >= 0.6 is 0 Å². The zero-order chi connectivity index (χ0) is 18.8. The first-order valence-corrected chi connectivity index (χ1v) is 8.87. The van der Waals surface area contributed by atoms with Gasteiger partial charge >= 0.3 is 0 Å². The minimum absolute atomic E-state index is 0.0197. The summed E-state index contributed by atoms with van der Waals surface area (Å²) >= 11 is 0. The first-order chi connectivity index (χ1) is 12.5. The van der Waals surface area contributed by atoms with E-state index in [-0.39, 0.29) is 18.3 Å². The molecule has 0 bridgehead atoms. The lowest BCUT2D eigenvalue weighted by Crippen LogP contribution is -2.28. The van der Waals surface area contributed by atoms with Crippen molar-refractivity contribution >= 4 is 5.69 Å². The van der Waals surface area contributed by atoms with Gasteiger partial charge in [-0.2, -0.15) is 0 Å². The van der Waals surface area contributed by atoms with Crippen LogP contribution in [0.2, 0.25) is 0 Å². The summed E-state index contributed by atoms with van der Waals surface area (Å²) in [5, 5.41) is 0. The minimum Gasteiger partial charge on any atom is -0.491 e. The van der Waals surface area contributed by atoms with Crippen molar-refractivity contribution in [2.45, 2.75) is 39.1 Å². The van der Waals surface area contributed by atoms with Crippen molar-refractivity contribution in [3.05, 3.63) is 54.6 Å². The summed E-state index contributed by atoms with van der Waals surface area (Å²) in [5.41, 5.74) is 6.38. The number of benzene rings is 2. The lowest BCUT2D eigenvalue weighted by atomic mass is 10.3. The van der Waals surface area contributed by atoms with Crippen LogP contribution in [-0.4, -0.2) is 38.1 Å². The summed E-state index contributed by atoms with van der Waals surface area (Å²) in [6, 6.07) is 17.7. The van der Waals surface area contributed by atoms with Crippen LogP contribution in [0.4, 0.5) is 5.69 Å². The Labute approximate surface area is 156 Å². The Hall–Kier alpha value is -2.24. The predicted octanol–water partition coefficient (Wildman–Crippen LogP) is 3.73. The van der Waals surface area contributed by atoms with Gasteiger partial charge in [-0.25, -0.2) is 0 Å². The molecule has 0 aliphatic heterocycles. The van der Waals surface area contributed by atoms with Gasteiger partial charge in [-0.1, -0.05) is 12.1 Å². The van der Waals surface area contributed by atoms with E-state index in [1.165, 1.54) is 0 Å². The third kappa shape index (κ3) is 7.76. The lowest BCUT2D eigenvalue weighted by molar-refractivity contribution is -0.0568. The van der Waals surface area contributed by atoms with Gasteiger partial charge in [0.15, 0.2) is 0 Å². The highest BCUT2D eigenvalue weighted by Gasteiger charge is 2.11. The molecule has 2 N–H and O–H groups in total. The Balaban J connectivity index is 1.58. The van der Waals surface area contributed by atoms with Gasteiger partial charge in [-0.15, -0.1) is 0 Å². The van der Waals surface area contributed by atoms with Crippen molar-refractivity contribution in [1.29, 1.82) is 0 Å². The van der Waals surface area contributed by atoms with E-state index in [1.54, 1.807) is 0 Å². The summed E-state index contributed by atoms with van der Waals surface area (Å²) in [5.74, 6) is 1.60. The molecule has 2 aromatic rings. The number of nitrogens with two attached hydrogens (primary N) is 1. The SMILES string of the molecule is CC(COc1cc[c]cc1)OCC(C)OCC(C)Oc1ccc(N)cc1. The van der Waals surface area contributed by atoms with E-state index in [2.05, 4.69) is 6.07 Å². The number of nitrogen functional groups attached to an aromatic ring is 1. The fourth-order valence-electron chi connectivity index (χ4n) is 2.19. The fraction of sp³-hybridized carbons (Fsp3) is 0.429. The van der Waals surface area contributed by atoms with Crippen molar-refractivity contribution in [2.75, 3.05) is 25.6 Å². The summed E-state index contributed by atoms with van der Waals surface area (Å²) in [6.07, 6.45) is -0.105. The Morgan fingerprint density at radius 2 is 1.35 bits per heavy atom. The third-order valence-corrected chi connectivity index (χ3v) is 3.62. The Kier molecular flexibility index (Phi) is 8.25. The van der Waals surface area contributed by atoms with Gasteiger partial charge in [0.25, 0.3) is 0 Å². The maximum atomic E-state index is 5.79. The predicted molar refractivity (Wildman–Crippen MR) is 103 cm³/mol. The zero-order valence-electron chi connectivity index (χ0n) is 15.7. The molecule has 5 heteroatoms. The molecule has 0 aromatic heterocycles. The van der Waals surface area contributed by atoms with Crippen LogP contribution in [0.5, 0.6) is 11.5 Å². The zero-order valence-corrected chi connectivity index (χ0v) is 15.7. The average molecular weight is 358 g/mol. The standard InChI is InChI=1S/C21H28NO4/c1-16(13-23-17(2)14-25-20-7-5-4-6-8-20)24-15-18(3)26-21-11-9-19(22)10-12-21/h5-12,16-18H,13-15,22H2,1-3H3. The van der Waals surface area contributed by atoms with Gasteiger partial charge < -0.3 is 24.7 Å². The molecule has 2 aromatic carbocycles. The Morgan fingerprint density at radius 1 is 0.769 bits per heavy atom. The Bertz CT molecular complexity index is 618. The molecule has 0 aliphatic carbocycles. The largest absolute Gasteiger partial charge is 0.491 e. The van der Waals surface area contributed by atoms with Gasteiger partial charge in [-0.3, -0.25) is 0 Å². The number of anilines is 1. The molecule has 141 valence electrons. The smallest absolute Gasteiger partial charge is 0.119 e. The van der Waals surface area contributed by atoms with Crippen LogP contribution in [0.3, 0.4) is 0 Å². The van der Waals surface area contributed by atoms with E-state index in [1.807, 2.05) is 69.3 Å². The molecule has 0 spiro atoms. The van der Waals surface area contributed by atoms with Crippen LogP contribution in [0.15, 0.2) is 48.5 Å². The van der Waals surface area contributed by atoms with Crippen molar-refractivity contribution in [3.8, 4) is 11.5 Å². The molecule has 0 heterocycles. The number of hydrogen-bond acceptors (Lipinski definition) is 5. The fourth-order valence-corrected chi connectivity index (χ4v) is 2.19. The second-order valence-corrected chi connectivity index (χ2v) is 6.33. The molecule has 0 amide bonds. The van der Waals surface area contributed by atoms with Crippen molar-refractivity contribution < 1.29 is 18.9 Å². The molecule has 5 nitrogen and oxygen atoms in total. The van der Waals surface area contributed by atoms with Crippen molar-refractivity contribution in [3.63, 3.8) is 0 Å². The first kappa shape index (κ1) is 20.1. The van der Waals surface area contributed by atoms with Gasteiger partial charge in [0.05, 0.1) is 25.4 Å². The summed E-state index contributed by atoms with van der Waals surface area (Å²) in [6.45, 7) is 7.41. The van der Waals surface area contributed by atoms with E-state index < -0.39 is 0 Å². The van der Waals surface area contributed by atoms with E-state index in [4.69, 9.17) is 24.7 Å². The van der Waals surface area contributed by atoms with Crippen LogP contribution < -0.4 is 15.2 Å². The van der Waals surface area contributed by atoms with E-state index >= 15 is 0 Å². The normalized spacial score (nSPS) is 14.4. The highest BCUT2D eigenvalue weighted by molar-refractivity contribution is 5.41. The second kappa shape index (κ2) is 10.7. The number of hydrogen-bond donors (Lipinski definition) is 1. The summed E-state index contributed by atoms with van der Waals surface area (Å²) < 4.78 is 23.0. The van der Waals surface area contributed by atoms with Gasteiger partial charge in [0, 0.05) is 5.69 Å². The van der Waals surface area contributed by atoms with Crippen LogP contribution in [0.1, 0.15) is 20.8 Å². The van der Waals surface area contributed by atoms with Gasteiger partial charge in [0.2, 0.25) is 0 Å². The molecule has 26 heavy (non-hydrogen) atoms. The van der Waals surface area contributed by atoms with Crippen LogP contribution in [0, 0.1) is 6.07 Å². The van der Waals surface area contributed by atoms with E-state index in [0.29, 0.717) is 19.8 Å². The molecule has 1 radical (unpaired) electrons. The van der Waals surface area contributed by atoms with Crippen molar-refractivity contribution in [1.82, 2.24) is 0 Å². The lowest BCUT2D eigenvalue weighted by Gasteiger charge is -2.20. The molecule has 2 rings (SSSR count). The quantitative estimate of drug-likeness (QED) is 0.620. The molecule has 3 unspecified atom stereocenters. The second-order valence-electron chi connectivity index (χ2n) is 6.33. The average Bonchev–Trinajstić information content (AvgIpc) is 2.65. The third-order valence-electron chi connectivity index (χ3n) is 3.62. The number of ether oxygens (including phenoxy) is 4. The first-order valence-electron chi connectivity index (χ1n) is 8.87. The molecule has 0 saturated heterocycles. The number of rotatable bonds is 11. The Morgan fingerprint density at radius 3 is 2.00 bits per heavy atom. The van der Waals surface area contributed by atoms with E-state index in [9.17, 15) is 0 Å². The van der Waals surface area contributed by atoms with Gasteiger partial charge in [-0.05, 0) is 63.2 Å². The molecular weight excluding hydrogens is 330 g/mol. The highest BCUT2D eigenvalue weighted by atomic mass is 16.6. The van der Waals surface area contributed by atoms with E-state index in [0.717, 1.165) is 17.2 Å². The maximum absolute atomic E-state index is 5.79. The molecule has 3 atom stereocenters. The monoisotopic (exact) mass is 358 g/mol. The van der Waals surface area contributed by atoms with Gasteiger partial charge in [0.1, 0.15) is 24.2 Å². The summed E-state index contributed by atoms with van der Waals surface area (Å²) in [7, 11) is 0. The van der Waals surface area contributed by atoms with Crippen molar-refractivity contribution in [2.24, 2.45) is 0 Å². The summed E-state index contributed by atoms with van der Waals surface area (Å²) in [4.78, 5) is 0. The highest BCUT2D eigenvalue weighted by Crippen LogP contribution is 2.15. The maximum Gasteiger partial charge on any atom is 0.119 e. The molecule has 0 aliphatic rings. The van der Waals surface area contributed by atoms with Crippen LogP contribution in [-0.2, 0) is 9.47 Å². The molecular formula is C21H28NO4. The minimum atomic E-state index is -0.0586. The molecule has 0 fully saturated rings. The van der Waals surface area contributed by atoms with Crippen LogP contribution in [0.25, 0.3) is 0 Å².